The molecule has 4 heteroatoms. The van der Waals surface area contributed by atoms with Crippen LogP contribution in [0.25, 0.3) is 0 Å². The number of hydrogen-bond acceptors (Lipinski definition) is 2. The van der Waals surface area contributed by atoms with Crippen molar-refractivity contribution in [1.82, 2.24) is 5.32 Å². The minimum Gasteiger partial charge on any atom is -0.488 e. The molecule has 1 aromatic rings. The van der Waals surface area contributed by atoms with Gasteiger partial charge in [-0.1, -0.05) is 25.4 Å². The summed E-state index contributed by atoms with van der Waals surface area (Å²) in [4.78, 5) is 0. The van der Waals surface area contributed by atoms with Crippen LogP contribution in [0.4, 0.5) is 4.39 Å². The van der Waals surface area contributed by atoms with Gasteiger partial charge in [0.1, 0.15) is 17.7 Å². The third kappa shape index (κ3) is 5.37. The standard InChI is InChI=1S/C13H19ClFNO/c1-9(2)7-16-8-10(3)17-13-5-4-11(15)6-12(13)14/h4-6,9-10,16H,7-8H2,1-3H3. The second kappa shape index (κ2) is 6.82. The highest BCUT2D eigenvalue weighted by Crippen LogP contribution is 2.25. The maximum absolute atomic E-state index is 12.8. The van der Waals surface area contributed by atoms with Crippen LogP contribution in [0.1, 0.15) is 20.8 Å². The monoisotopic (exact) mass is 259 g/mol. The lowest BCUT2D eigenvalue weighted by Crippen LogP contribution is -2.31. The highest BCUT2D eigenvalue weighted by Gasteiger charge is 2.08. The van der Waals surface area contributed by atoms with Crippen LogP contribution in [-0.4, -0.2) is 19.2 Å². The van der Waals surface area contributed by atoms with Gasteiger partial charge in [0.05, 0.1) is 5.02 Å². The number of halogens is 2. The zero-order valence-electron chi connectivity index (χ0n) is 10.5. The first-order valence-corrected chi connectivity index (χ1v) is 6.19. The number of benzene rings is 1. The summed E-state index contributed by atoms with van der Waals surface area (Å²) in [6, 6.07) is 4.15. The summed E-state index contributed by atoms with van der Waals surface area (Å²) in [6.07, 6.45) is -0.00305. The van der Waals surface area contributed by atoms with Crippen LogP contribution in [0.2, 0.25) is 5.02 Å². The molecule has 17 heavy (non-hydrogen) atoms. The molecule has 0 aliphatic carbocycles. The van der Waals surface area contributed by atoms with E-state index >= 15 is 0 Å². The fraction of sp³-hybridized carbons (Fsp3) is 0.538. The number of nitrogens with one attached hydrogen (secondary N) is 1. The average molecular weight is 260 g/mol. The van der Waals surface area contributed by atoms with Crippen LogP contribution >= 0.6 is 11.6 Å². The molecule has 0 spiro atoms. The smallest absolute Gasteiger partial charge is 0.138 e. The van der Waals surface area contributed by atoms with Crippen molar-refractivity contribution < 1.29 is 9.13 Å². The Morgan fingerprint density at radius 3 is 2.59 bits per heavy atom. The maximum atomic E-state index is 12.8. The largest absolute Gasteiger partial charge is 0.488 e. The van der Waals surface area contributed by atoms with Crippen molar-refractivity contribution in [2.75, 3.05) is 13.1 Å². The SMILES string of the molecule is CC(C)CNCC(C)Oc1ccc(F)cc1Cl. The van der Waals surface area contributed by atoms with Gasteiger partial charge in [-0.2, -0.15) is 0 Å². The summed E-state index contributed by atoms with van der Waals surface area (Å²) in [5.74, 6) is 0.774. The number of ether oxygens (including phenoxy) is 1. The Morgan fingerprint density at radius 2 is 2.00 bits per heavy atom. The van der Waals surface area contributed by atoms with Crippen LogP contribution in [0, 0.1) is 11.7 Å². The van der Waals surface area contributed by atoms with E-state index in [0.717, 1.165) is 13.1 Å². The molecule has 1 unspecified atom stereocenters. The topological polar surface area (TPSA) is 21.3 Å². The van der Waals surface area contributed by atoms with E-state index < -0.39 is 0 Å². The van der Waals surface area contributed by atoms with E-state index in [1.807, 2.05) is 6.92 Å². The van der Waals surface area contributed by atoms with Gasteiger partial charge in [0.15, 0.2) is 0 Å². The van der Waals surface area contributed by atoms with Crippen LogP contribution in [0.5, 0.6) is 5.75 Å². The van der Waals surface area contributed by atoms with Gasteiger partial charge in [-0.3, -0.25) is 0 Å². The Labute approximate surface area is 107 Å². The predicted octanol–water partition coefficient (Wildman–Crippen LogP) is 3.49. The van der Waals surface area contributed by atoms with E-state index in [-0.39, 0.29) is 11.9 Å². The molecule has 0 aliphatic rings. The molecule has 0 amide bonds. The van der Waals surface area contributed by atoms with Crippen LogP contribution in [0.15, 0.2) is 18.2 Å². The Bertz CT molecular complexity index is 357. The van der Waals surface area contributed by atoms with Crippen molar-refractivity contribution in [2.24, 2.45) is 5.92 Å². The summed E-state index contributed by atoms with van der Waals surface area (Å²) in [6.45, 7) is 7.94. The summed E-state index contributed by atoms with van der Waals surface area (Å²) < 4.78 is 18.4. The van der Waals surface area contributed by atoms with Crippen molar-refractivity contribution >= 4 is 11.6 Å². The molecule has 2 nitrogen and oxygen atoms in total. The van der Waals surface area contributed by atoms with Crippen LogP contribution in [0.3, 0.4) is 0 Å². The molecule has 96 valence electrons. The fourth-order valence-corrected chi connectivity index (χ4v) is 1.62. The van der Waals surface area contributed by atoms with Crippen molar-refractivity contribution in [1.29, 1.82) is 0 Å². The van der Waals surface area contributed by atoms with E-state index in [1.165, 1.54) is 12.1 Å². The minimum absolute atomic E-state index is 0.00305. The second-order valence-corrected chi connectivity index (χ2v) is 4.96. The van der Waals surface area contributed by atoms with E-state index in [9.17, 15) is 4.39 Å². The highest BCUT2D eigenvalue weighted by atomic mass is 35.5. The first-order valence-electron chi connectivity index (χ1n) is 5.81. The Balaban J connectivity index is 2.42. The van der Waals surface area contributed by atoms with Crippen molar-refractivity contribution in [3.05, 3.63) is 29.0 Å². The summed E-state index contributed by atoms with van der Waals surface area (Å²) in [5, 5.41) is 3.60. The Morgan fingerprint density at radius 1 is 1.29 bits per heavy atom. The third-order valence-electron chi connectivity index (χ3n) is 2.21. The van der Waals surface area contributed by atoms with Gasteiger partial charge < -0.3 is 10.1 Å². The van der Waals surface area contributed by atoms with Crippen molar-refractivity contribution in [3.63, 3.8) is 0 Å². The zero-order valence-corrected chi connectivity index (χ0v) is 11.2. The molecule has 0 aromatic heterocycles. The van der Waals surface area contributed by atoms with Gasteiger partial charge >= 0.3 is 0 Å². The molecule has 1 aromatic carbocycles. The summed E-state index contributed by atoms with van der Waals surface area (Å²) in [7, 11) is 0. The Hall–Kier alpha value is -0.800. The second-order valence-electron chi connectivity index (χ2n) is 4.56. The van der Waals surface area contributed by atoms with Gasteiger partial charge in [-0.15, -0.1) is 0 Å². The van der Waals surface area contributed by atoms with Gasteiger partial charge in [-0.25, -0.2) is 4.39 Å². The van der Waals surface area contributed by atoms with Crippen molar-refractivity contribution in [3.8, 4) is 5.75 Å². The summed E-state index contributed by atoms with van der Waals surface area (Å²) >= 11 is 5.87. The summed E-state index contributed by atoms with van der Waals surface area (Å²) in [5.41, 5.74) is 0. The lowest BCUT2D eigenvalue weighted by atomic mass is 10.2. The van der Waals surface area contributed by atoms with Crippen LogP contribution in [-0.2, 0) is 0 Å². The van der Waals surface area contributed by atoms with E-state index in [1.54, 1.807) is 6.07 Å². The maximum Gasteiger partial charge on any atom is 0.138 e. The molecular weight excluding hydrogens is 241 g/mol. The molecule has 0 aliphatic heterocycles. The molecule has 0 saturated heterocycles. The van der Waals surface area contributed by atoms with Gasteiger partial charge in [-0.05, 0) is 37.6 Å². The lowest BCUT2D eigenvalue weighted by molar-refractivity contribution is 0.215. The van der Waals surface area contributed by atoms with Crippen molar-refractivity contribution in [2.45, 2.75) is 26.9 Å². The van der Waals surface area contributed by atoms with E-state index in [0.29, 0.717) is 16.7 Å². The third-order valence-corrected chi connectivity index (χ3v) is 2.50. The quantitative estimate of drug-likeness (QED) is 0.844. The molecule has 0 bridgehead atoms. The minimum atomic E-state index is -0.354. The van der Waals surface area contributed by atoms with Gasteiger partial charge in [0.25, 0.3) is 0 Å². The molecule has 0 heterocycles. The fourth-order valence-electron chi connectivity index (χ4n) is 1.40. The van der Waals surface area contributed by atoms with E-state index in [2.05, 4.69) is 19.2 Å². The predicted molar refractivity (Wildman–Crippen MR) is 69.2 cm³/mol. The molecule has 0 radical (unpaired) electrons. The Kier molecular flexibility index (Phi) is 5.72. The molecule has 1 rings (SSSR count). The lowest BCUT2D eigenvalue weighted by Gasteiger charge is -2.17. The first kappa shape index (κ1) is 14.3. The first-order chi connectivity index (χ1) is 7.99. The van der Waals surface area contributed by atoms with Gasteiger partial charge in [0.2, 0.25) is 0 Å². The van der Waals surface area contributed by atoms with Gasteiger partial charge in [0, 0.05) is 6.54 Å². The molecule has 1 atom stereocenters. The molecule has 0 fully saturated rings. The number of hydrogen-bond donors (Lipinski definition) is 1. The molecule has 1 N–H and O–H groups in total. The van der Waals surface area contributed by atoms with E-state index in [4.69, 9.17) is 16.3 Å². The molecular formula is C13H19ClFNO. The number of rotatable bonds is 6. The zero-order chi connectivity index (χ0) is 12.8. The average Bonchev–Trinajstić information content (AvgIpc) is 2.21. The molecule has 0 saturated carbocycles. The van der Waals surface area contributed by atoms with Crippen LogP contribution < -0.4 is 10.1 Å². The normalized spacial score (nSPS) is 12.8. The highest BCUT2D eigenvalue weighted by molar-refractivity contribution is 6.32.